The smallest absolute Gasteiger partial charge is 0.134 e. The Morgan fingerprint density at radius 3 is 2.33 bits per heavy atom. The minimum atomic E-state index is 0.911. The minimum absolute atomic E-state index is 0.911. The van der Waals surface area contributed by atoms with Crippen LogP contribution in [-0.4, -0.2) is 0 Å². The zero-order valence-electron chi connectivity index (χ0n) is 12.1. The van der Waals surface area contributed by atoms with Gasteiger partial charge in [0.2, 0.25) is 0 Å². The highest BCUT2D eigenvalue weighted by Gasteiger charge is 2.03. The highest BCUT2D eigenvalue weighted by Crippen LogP contribution is 2.23. The molecule has 0 spiro atoms. The summed E-state index contributed by atoms with van der Waals surface area (Å²) >= 11 is 0. The highest BCUT2D eigenvalue weighted by molar-refractivity contribution is 5.63. The molecule has 3 rings (SSSR count). The van der Waals surface area contributed by atoms with Crippen LogP contribution in [0.15, 0.2) is 83.0 Å². The molecule has 0 N–H and O–H groups in total. The molecular formula is C20H18O. The molecule has 21 heavy (non-hydrogen) atoms. The van der Waals surface area contributed by atoms with Crippen molar-refractivity contribution >= 4 is 6.08 Å². The van der Waals surface area contributed by atoms with Crippen molar-refractivity contribution in [3.63, 3.8) is 0 Å². The van der Waals surface area contributed by atoms with Crippen molar-refractivity contribution in [1.82, 2.24) is 0 Å². The molecule has 0 unspecified atom stereocenters. The van der Waals surface area contributed by atoms with E-state index in [4.69, 9.17) is 4.42 Å². The predicted octanol–water partition coefficient (Wildman–Crippen LogP) is 5.59. The Bertz CT molecular complexity index is 721. The van der Waals surface area contributed by atoms with Gasteiger partial charge in [0.25, 0.3) is 0 Å². The van der Waals surface area contributed by atoms with Crippen molar-refractivity contribution in [2.75, 3.05) is 0 Å². The standard InChI is InChI=1S/C20H18O/c1-16(12-17-8-4-2-5-9-17)13-18-14-20(21-15-18)19-10-6-3-7-11-19/h2-11,13-15H,12H2,1H3. The molecule has 1 nitrogen and oxygen atoms in total. The van der Waals surface area contributed by atoms with Crippen molar-refractivity contribution < 1.29 is 4.42 Å². The van der Waals surface area contributed by atoms with Crippen LogP contribution in [0.5, 0.6) is 0 Å². The van der Waals surface area contributed by atoms with E-state index in [0.29, 0.717) is 0 Å². The number of hydrogen-bond acceptors (Lipinski definition) is 1. The third kappa shape index (κ3) is 3.51. The summed E-state index contributed by atoms with van der Waals surface area (Å²) in [6.45, 7) is 2.15. The summed E-state index contributed by atoms with van der Waals surface area (Å²) in [4.78, 5) is 0. The summed E-state index contributed by atoms with van der Waals surface area (Å²) in [6.07, 6.45) is 4.96. The topological polar surface area (TPSA) is 13.1 Å². The Morgan fingerprint density at radius 1 is 0.952 bits per heavy atom. The molecule has 0 aliphatic heterocycles. The summed E-state index contributed by atoms with van der Waals surface area (Å²) in [7, 11) is 0. The lowest BCUT2D eigenvalue weighted by Gasteiger charge is -2.00. The normalized spacial score (nSPS) is 11.6. The molecule has 0 fully saturated rings. The largest absolute Gasteiger partial charge is 0.464 e. The van der Waals surface area contributed by atoms with Gasteiger partial charge in [-0.1, -0.05) is 72.3 Å². The van der Waals surface area contributed by atoms with Crippen molar-refractivity contribution in [2.45, 2.75) is 13.3 Å². The van der Waals surface area contributed by atoms with Gasteiger partial charge in [0, 0.05) is 11.1 Å². The van der Waals surface area contributed by atoms with Gasteiger partial charge >= 0.3 is 0 Å². The SMILES string of the molecule is CC(=Cc1coc(-c2ccccc2)c1)Cc1ccccc1. The fourth-order valence-corrected chi connectivity index (χ4v) is 2.43. The van der Waals surface area contributed by atoms with Crippen LogP contribution in [-0.2, 0) is 6.42 Å². The monoisotopic (exact) mass is 274 g/mol. The number of hydrogen-bond donors (Lipinski definition) is 0. The maximum atomic E-state index is 5.66. The van der Waals surface area contributed by atoms with Gasteiger partial charge in [0.15, 0.2) is 0 Å². The number of allylic oxidation sites excluding steroid dienone is 1. The van der Waals surface area contributed by atoms with Crippen molar-refractivity contribution in [3.05, 3.63) is 89.7 Å². The Labute approximate surface area is 125 Å². The molecule has 1 heteroatoms. The number of furan rings is 1. The molecule has 3 aromatic rings. The molecule has 0 aliphatic carbocycles. The zero-order valence-corrected chi connectivity index (χ0v) is 12.1. The lowest BCUT2D eigenvalue weighted by Crippen LogP contribution is -1.85. The first-order valence-electron chi connectivity index (χ1n) is 7.16. The molecule has 0 aliphatic rings. The van der Waals surface area contributed by atoms with Gasteiger partial charge in [-0.15, -0.1) is 0 Å². The van der Waals surface area contributed by atoms with Gasteiger partial charge in [-0.3, -0.25) is 0 Å². The summed E-state index contributed by atoms with van der Waals surface area (Å²) < 4.78 is 5.66. The van der Waals surface area contributed by atoms with E-state index < -0.39 is 0 Å². The Morgan fingerprint density at radius 2 is 1.62 bits per heavy atom. The highest BCUT2D eigenvalue weighted by atomic mass is 16.3. The molecule has 104 valence electrons. The summed E-state index contributed by atoms with van der Waals surface area (Å²) in [5, 5.41) is 0. The molecule has 0 amide bonds. The molecule has 2 aromatic carbocycles. The van der Waals surface area contributed by atoms with Crippen LogP contribution in [0.3, 0.4) is 0 Å². The van der Waals surface area contributed by atoms with Gasteiger partial charge in [0.05, 0.1) is 6.26 Å². The quantitative estimate of drug-likeness (QED) is 0.604. The third-order valence-corrected chi connectivity index (χ3v) is 3.42. The van der Waals surface area contributed by atoms with E-state index in [9.17, 15) is 0 Å². The van der Waals surface area contributed by atoms with E-state index in [-0.39, 0.29) is 0 Å². The molecule has 1 heterocycles. The average molecular weight is 274 g/mol. The van der Waals surface area contributed by atoms with E-state index in [1.807, 2.05) is 30.5 Å². The van der Waals surface area contributed by atoms with Crippen molar-refractivity contribution in [2.24, 2.45) is 0 Å². The van der Waals surface area contributed by atoms with E-state index >= 15 is 0 Å². The van der Waals surface area contributed by atoms with Gasteiger partial charge in [-0.2, -0.15) is 0 Å². The van der Waals surface area contributed by atoms with Crippen LogP contribution in [0, 0.1) is 0 Å². The van der Waals surface area contributed by atoms with Crippen LogP contribution in [0.25, 0.3) is 17.4 Å². The molecule has 1 aromatic heterocycles. The second-order valence-electron chi connectivity index (χ2n) is 5.26. The first-order chi connectivity index (χ1) is 10.3. The fourth-order valence-electron chi connectivity index (χ4n) is 2.43. The third-order valence-electron chi connectivity index (χ3n) is 3.42. The summed E-state index contributed by atoms with van der Waals surface area (Å²) in [6, 6.07) is 22.8. The Balaban J connectivity index is 1.76. The molecule has 0 saturated carbocycles. The van der Waals surface area contributed by atoms with E-state index in [1.165, 1.54) is 11.1 Å². The second-order valence-corrected chi connectivity index (χ2v) is 5.26. The van der Waals surface area contributed by atoms with Crippen LogP contribution in [0.4, 0.5) is 0 Å². The lowest BCUT2D eigenvalue weighted by atomic mass is 10.0. The average Bonchev–Trinajstić information content (AvgIpc) is 2.97. The Hall–Kier alpha value is -2.54. The van der Waals surface area contributed by atoms with E-state index in [0.717, 1.165) is 23.3 Å². The number of benzene rings is 2. The van der Waals surface area contributed by atoms with Crippen LogP contribution in [0.2, 0.25) is 0 Å². The van der Waals surface area contributed by atoms with Gasteiger partial charge in [0.1, 0.15) is 5.76 Å². The zero-order chi connectivity index (χ0) is 14.5. The molecule has 0 saturated heterocycles. The van der Waals surface area contributed by atoms with Crippen molar-refractivity contribution in [1.29, 1.82) is 0 Å². The van der Waals surface area contributed by atoms with E-state index in [2.05, 4.69) is 55.5 Å². The number of rotatable bonds is 4. The van der Waals surface area contributed by atoms with Crippen LogP contribution < -0.4 is 0 Å². The first-order valence-corrected chi connectivity index (χ1v) is 7.16. The summed E-state index contributed by atoms with van der Waals surface area (Å²) in [5.41, 5.74) is 4.87. The first kappa shape index (κ1) is 13.4. The Kier molecular flexibility index (Phi) is 4.02. The second kappa shape index (κ2) is 6.27. The minimum Gasteiger partial charge on any atom is -0.464 e. The maximum absolute atomic E-state index is 5.66. The van der Waals surface area contributed by atoms with Gasteiger partial charge in [-0.05, 0) is 25.0 Å². The van der Waals surface area contributed by atoms with Crippen molar-refractivity contribution in [3.8, 4) is 11.3 Å². The predicted molar refractivity (Wildman–Crippen MR) is 87.9 cm³/mol. The maximum Gasteiger partial charge on any atom is 0.134 e. The molecule has 0 radical (unpaired) electrons. The summed E-state index contributed by atoms with van der Waals surface area (Å²) in [5.74, 6) is 0.911. The molecular weight excluding hydrogens is 256 g/mol. The fraction of sp³-hybridized carbons (Fsp3) is 0.100. The molecule has 0 bridgehead atoms. The lowest BCUT2D eigenvalue weighted by molar-refractivity contribution is 0.581. The van der Waals surface area contributed by atoms with Gasteiger partial charge in [-0.25, -0.2) is 0 Å². The van der Waals surface area contributed by atoms with Gasteiger partial charge < -0.3 is 4.42 Å². The van der Waals surface area contributed by atoms with Crippen LogP contribution in [0.1, 0.15) is 18.1 Å². The van der Waals surface area contributed by atoms with Crippen LogP contribution >= 0.6 is 0 Å². The van der Waals surface area contributed by atoms with E-state index in [1.54, 1.807) is 0 Å². The molecule has 0 atom stereocenters.